The molecule has 4 amide bonds. The molecule has 9 heteroatoms. The summed E-state index contributed by atoms with van der Waals surface area (Å²) in [6.07, 6.45) is 1.66. The van der Waals surface area contributed by atoms with Gasteiger partial charge in [0.25, 0.3) is 11.8 Å². The van der Waals surface area contributed by atoms with Gasteiger partial charge in [-0.05, 0) is 18.4 Å². The molecule has 23 heavy (non-hydrogen) atoms. The third kappa shape index (κ3) is 3.08. The average molecular weight is 340 g/mol. The summed E-state index contributed by atoms with van der Waals surface area (Å²) in [7, 11) is 0. The Morgan fingerprint density at radius 2 is 2.09 bits per heavy atom. The Hall–Kier alpha value is -1.58. The number of urea groups is 1. The van der Waals surface area contributed by atoms with Crippen molar-refractivity contribution in [2.45, 2.75) is 25.8 Å². The van der Waals surface area contributed by atoms with Gasteiger partial charge in [-0.1, -0.05) is 13.3 Å². The van der Waals surface area contributed by atoms with Crippen molar-refractivity contribution in [3.8, 4) is 0 Å². The molecule has 0 bridgehead atoms. The van der Waals surface area contributed by atoms with Crippen LogP contribution < -0.4 is 10.0 Å². The summed E-state index contributed by atoms with van der Waals surface area (Å²) in [6.45, 7) is 4.44. The van der Waals surface area contributed by atoms with E-state index >= 15 is 0 Å². The monoisotopic (exact) mass is 340 g/mol. The predicted octanol–water partition coefficient (Wildman–Crippen LogP) is 0.0287. The van der Waals surface area contributed by atoms with Crippen LogP contribution in [0.4, 0.5) is 4.79 Å². The number of nitrogens with zero attached hydrogens (tertiary/aromatic N) is 2. The molecule has 0 aromatic heterocycles. The highest BCUT2D eigenvalue weighted by atomic mass is 32.2. The number of carbonyl (C=O) groups is 3. The van der Waals surface area contributed by atoms with Gasteiger partial charge in [-0.2, -0.15) is 0 Å². The number of amides is 4. The Bertz CT molecular complexity index is 559. The van der Waals surface area contributed by atoms with Crippen molar-refractivity contribution < 1.29 is 19.1 Å². The van der Waals surface area contributed by atoms with Crippen LogP contribution in [0, 0.1) is 0 Å². The van der Waals surface area contributed by atoms with Gasteiger partial charge in [0.1, 0.15) is 10.9 Å². The molecular weight excluding hydrogens is 320 g/mol. The van der Waals surface area contributed by atoms with Gasteiger partial charge in [0.15, 0.2) is 0 Å². The lowest BCUT2D eigenvalue weighted by Crippen LogP contribution is -2.58. The number of unbranched alkanes of at least 4 members (excludes halogenated alkanes) is 1. The van der Waals surface area contributed by atoms with Crippen LogP contribution in [-0.4, -0.2) is 66.5 Å². The van der Waals surface area contributed by atoms with E-state index in [-0.39, 0.29) is 11.8 Å². The first-order chi connectivity index (χ1) is 11.1. The zero-order valence-corrected chi connectivity index (χ0v) is 13.8. The molecule has 2 N–H and O–H groups in total. The first kappa shape index (κ1) is 16.3. The minimum atomic E-state index is -0.658. The summed E-state index contributed by atoms with van der Waals surface area (Å²) >= 11 is 1.12. The molecule has 8 nitrogen and oxygen atoms in total. The number of hydrogen-bond acceptors (Lipinski definition) is 6. The quantitative estimate of drug-likeness (QED) is 0.702. The number of hydrogen-bond donors (Lipinski definition) is 2. The fourth-order valence-corrected chi connectivity index (χ4v) is 3.65. The van der Waals surface area contributed by atoms with E-state index in [9.17, 15) is 14.4 Å². The number of nitrogens with one attached hydrogen (secondary N) is 2. The smallest absolute Gasteiger partial charge is 0.328 e. The molecule has 126 valence electrons. The maximum absolute atomic E-state index is 12.6. The van der Waals surface area contributed by atoms with E-state index < -0.39 is 12.1 Å². The molecular formula is C14H20N4O4S. The van der Waals surface area contributed by atoms with Gasteiger partial charge >= 0.3 is 6.03 Å². The van der Waals surface area contributed by atoms with Crippen LogP contribution in [0.3, 0.4) is 0 Å². The van der Waals surface area contributed by atoms with E-state index in [4.69, 9.17) is 4.74 Å². The van der Waals surface area contributed by atoms with Gasteiger partial charge in [-0.15, -0.1) is 0 Å². The zero-order valence-electron chi connectivity index (χ0n) is 13.0. The number of rotatable bonds is 4. The molecule has 0 aromatic rings. The molecule has 2 saturated heterocycles. The lowest BCUT2D eigenvalue weighted by Gasteiger charge is -2.31. The van der Waals surface area contributed by atoms with Crippen LogP contribution in [0.5, 0.6) is 0 Å². The zero-order chi connectivity index (χ0) is 16.4. The largest absolute Gasteiger partial charge is 0.378 e. The highest BCUT2D eigenvalue weighted by Gasteiger charge is 2.44. The highest BCUT2D eigenvalue weighted by Crippen LogP contribution is 2.32. The van der Waals surface area contributed by atoms with Gasteiger partial charge in [0.2, 0.25) is 0 Å². The lowest BCUT2D eigenvalue weighted by atomic mass is 10.1. The summed E-state index contributed by atoms with van der Waals surface area (Å²) in [6, 6.07) is -1.11. The summed E-state index contributed by atoms with van der Waals surface area (Å²) < 4.78 is 8.21. The Morgan fingerprint density at radius 1 is 1.35 bits per heavy atom. The molecule has 3 heterocycles. The molecule has 3 aliphatic heterocycles. The first-order valence-electron chi connectivity index (χ1n) is 7.79. The van der Waals surface area contributed by atoms with Crippen molar-refractivity contribution in [1.82, 2.24) is 19.8 Å². The second-order valence-electron chi connectivity index (χ2n) is 5.57. The first-order valence-corrected chi connectivity index (χ1v) is 8.61. The van der Waals surface area contributed by atoms with E-state index in [1.54, 1.807) is 4.90 Å². The highest BCUT2D eigenvalue weighted by molar-refractivity contribution is 8.02. The van der Waals surface area contributed by atoms with Crippen molar-refractivity contribution in [3.05, 3.63) is 10.6 Å². The van der Waals surface area contributed by atoms with E-state index in [0.717, 1.165) is 24.8 Å². The normalized spacial score (nSPS) is 24.8. The molecule has 0 radical (unpaired) electrons. The minimum Gasteiger partial charge on any atom is -0.378 e. The summed E-state index contributed by atoms with van der Waals surface area (Å²) in [4.78, 5) is 40.5. The van der Waals surface area contributed by atoms with E-state index in [2.05, 4.69) is 10.0 Å². The number of fused-ring (bicyclic) bond motifs is 1. The average Bonchev–Trinajstić information content (AvgIpc) is 2.98. The number of carbonyl (C=O) groups excluding carboxylic acids is 3. The van der Waals surface area contributed by atoms with Crippen molar-refractivity contribution in [2.24, 2.45) is 0 Å². The summed E-state index contributed by atoms with van der Waals surface area (Å²) in [5.74, 6) is -0.465. The Kier molecular flexibility index (Phi) is 4.88. The number of ether oxygens (including phenoxy) is 1. The lowest BCUT2D eigenvalue weighted by molar-refractivity contribution is -0.130. The van der Waals surface area contributed by atoms with Gasteiger partial charge in [-0.3, -0.25) is 14.5 Å². The molecule has 3 rings (SSSR count). The maximum atomic E-state index is 12.6. The topological polar surface area (TPSA) is 91.0 Å². The molecule has 0 aromatic carbocycles. The van der Waals surface area contributed by atoms with Crippen molar-refractivity contribution in [3.63, 3.8) is 0 Å². The number of imide groups is 1. The van der Waals surface area contributed by atoms with Crippen molar-refractivity contribution >= 4 is 29.8 Å². The Labute approximate surface area is 138 Å². The molecule has 2 fully saturated rings. The van der Waals surface area contributed by atoms with Gasteiger partial charge in [0.05, 0.1) is 18.9 Å². The van der Waals surface area contributed by atoms with Gasteiger partial charge < -0.3 is 15.0 Å². The molecule has 0 aliphatic carbocycles. The van der Waals surface area contributed by atoms with E-state index in [1.165, 1.54) is 4.90 Å². The van der Waals surface area contributed by atoms with Crippen LogP contribution in [0.2, 0.25) is 0 Å². The second-order valence-corrected chi connectivity index (χ2v) is 6.42. The predicted molar refractivity (Wildman–Crippen MR) is 84.1 cm³/mol. The molecule has 1 atom stereocenters. The minimum absolute atomic E-state index is 0.168. The molecule has 3 aliphatic rings. The third-order valence-corrected chi connectivity index (χ3v) is 4.99. The van der Waals surface area contributed by atoms with Crippen LogP contribution in [0.25, 0.3) is 0 Å². The van der Waals surface area contributed by atoms with E-state index in [1.807, 2.05) is 6.92 Å². The van der Waals surface area contributed by atoms with Gasteiger partial charge in [0, 0.05) is 19.6 Å². The van der Waals surface area contributed by atoms with Gasteiger partial charge in [-0.25, -0.2) is 9.52 Å². The fraction of sp³-hybridized carbons (Fsp3) is 0.643. The Balaban J connectivity index is 1.78. The molecule has 0 saturated carbocycles. The van der Waals surface area contributed by atoms with Crippen LogP contribution >= 0.6 is 11.9 Å². The maximum Gasteiger partial charge on any atom is 0.328 e. The SMILES string of the molecule is CCCCN1C(=O)NC2=C(C(=O)N3CCOCC3)SNC2C1=O. The summed E-state index contributed by atoms with van der Waals surface area (Å²) in [5, 5.41) is 2.72. The van der Waals surface area contributed by atoms with Crippen LogP contribution in [0.1, 0.15) is 19.8 Å². The second kappa shape index (κ2) is 6.90. The van der Waals surface area contributed by atoms with Crippen LogP contribution in [0.15, 0.2) is 10.6 Å². The van der Waals surface area contributed by atoms with Crippen LogP contribution in [-0.2, 0) is 14.3 Å². The van der Waals surface area contributed by atoms with Crippen molar-refractivity contribution in [1.29, 1.82) is 0 Å². The molecule has 0 spiro atoms. The number of morpholine rings is 1. The Morgan fingerprint density at radius 3 is 2.78 bits per heavy atom. The molecule has 1 unspecified atom stereocenters. The standard InChI is InChI=1S/C14H20N4O4S/c1-2-3-4-18-12(19)10-9(15-14(18)21)11(23-16-10)13(20)17-5-7-22-8-6-17/h10,16H,2-8H2,1H3,(H,15,21). The van der Waals surface area contributed by atoms with E-state index in [0.29, 0.717) is 43.5 Å². The fourth-order valence-electron chi connectivity index (χ4n) is 2.70. The van der Waals surface area contributed by atoms with Crippen molar-refractivity contribution in [2.75, 3.05) is 32.8 Å². The summed E-state index contributed by atoms with van der Waals surface area (Å²) in [5.41, 5.74) is 0.384. The third-order valence-electron chi connectivity index (χ3n) is 4.04.